The van der Waals surface area contributed by atoms with Crippen molar-refractivity contribution in [3.05, 3.63) is 12.2 Å². The van der Waals surface area contributed by atoms with Gasteiger partial charge in [0, 0.05) is 12.9 Å². The van der Waals surface area contributed by atoms with Crippen molar-refractivity contribution >= 4 is 11.9 Å². The summed E-state index contributed by atoms with van der Waals surface area (Å²) in [7, 11) is 0. The fraction of sp³-hybridized carbons (Fsp3) is 0.800. The Bertz CT molecular complexity index is 313. The Labute approximate surface area is 197 Å². The molecule has 0 aromatic carbocycles. The van der Waals surface area contributed by atoms with E-state index in [1.807, 2.05) is 0 Å². The summed E-state index contributed by atoms with van der Waals surface area (Å²) in [6, 6.07) is 0. The van der Waals surface area contributed by atoms with Gasteiger partial charge < -0.3 is 15.0 Å². The molecule has 0 radical (unpaired) electrons. The molecule has 0 aliphatic heterocycles. The predicted octanol–water partition coefficient (Wildman–Crippen LogP) is 1.87. The first kappa shape index (κ1) is 30.1. The summed E-state index contributed by atoms with van der Waals surface area (Å²) in [6.07, 6.45) is 20.9. The van der Waals surface area contributed by atoms with Crippen LogP contribution in [0.4, 0.5) is 0 Å². The Morgan fingerprint density at radius 3 is 1.56 bits per heavy atom. The molecule has 1 N–H and O–H groups in total. The summed E-state index contributed by atoms with van der Waals surface area (Å²) in [5.41, 5.74) is 0. The molecule has 4 nitrogen and oxygen atoms in total. The SMILES string of the molecule is CC(=O)O.CCCCCCCC/C=C\CCCCCCCC(=O)[O-].[K+]. The van der Waals surface area contributed by atoms with Gasteiger partial charge in [-0.15, -0.1) is 0 Å². The fourth-order valence-corrected chi connectivity index (χ4v) is 2.34. The molecule has 0 fully saturated rings. The molecular weight excluding hydrogens is 343 g/mol. The Kier molecular flexibility index (Phi) is 31.9. The molecule has 0 bridgehead atoms. The van der Waals surface area contributed by atoms with Crippen LogP contribution in [0.2, 0.25) is 0 Å². The van der Waals surface area contributed by atoms with Crippen LogP contribution in [0.25, 0.3) is 0 Å². The van der Waals surface area contributed by atoms with E-state index in [-0.39, 0.29) is 57.8 Å². The average molecular weight is 381 g/mol. The Hall–Kier alpha value is 0.316. The number of carboxylic acids is 2. The van der Waals surface area contributed by atoms with Crippen LogP contribution in [0.15, 0.2) is 12.2 Å². The molecule has 0 amide bonds. The van der Waals surface area contributed by atoms with E-state index in [9.17, 15) is 9.90 Å². The summed E-state index contributed by atoms with van der Waals surface area (Å²) < 4.78 is 0. The van der Waals surface area contributed by atoms with Gasteiger partial charge >= 0.3 is 51.4 Å². The first-order valence-electron chi connectivity index (χ1n) is 9.55. The molecule has 0 heterocycles. The molecule has 0 aromatic heterocycles. The molecule has 0 rings (SSSR count). The van der Waals surface area contributed by atoms with Crippen LogP contribution in [-0.2, 0) is 9.59 Å². The Morgan fingerprint density at radius 1 is 0.800 bits per heavy atom. The topological polar surface area (TPSA) is 77.4 Å². The van der Waals surface area contributed by atoms with Gasteiger partial charge in [0.15, 0.2) is 0 Å². The minimum atomic E-state index is -0.914. The minimum absolute atomic E-state index is 0. The summed E-state index contributed by atoms with van der Waals surface area (Å²) in [5, 5.41) is 17.6. The number of hydrogen-bond acceptors (Lipinski definition) is 3. The van der Waals surface area contributed by atoms with Gasteiger partial charge in [0.1, 0.15) is 0 Å². The van der Waals surface area contributed by atoms with Gasteiger partial charge in [-0.2, -0.15) is 0 Å². The van der Waals surface area contributed by atoms with Crippen molar-refractivity contribution in [2.45, 2.75) is 104 Å². The quantitative estimate of drug-likeness (QED) is 0.267. The molecule has 0 aliphatic carbocycles. The maximum atomic E-state index is 10.2. The molecule has 0 aromatic rings. The van der Waals surface area contributed by atoms with E-state index in [0.717, 1.165) is 26.2 Å². The average Bonchev–Trinajstić information content (AvgIpc) is 2.50. The largest absolute Gasteiger partial charge is 1.00 e. The van der Waals surface area contributed by atoms with Crippen molar-refractivity contribution in [2.75, 3.05) is 0 Å². The van der Waals surface area contributed by atoms with Crippen LogP contribution in [0.5, 0.6) is 0 Å². The van der Waals surface area contributed by atoms with Gasteiger partial charge in [-0.1, -0.05) is 70.4 Å². The van der Waals surface area contributed by atoms with Gasteiger partial charge in [-0.3, -0.25) is 4.79 Å². The number of rotatable bonds is 15. The first-order valence-corrected chi connectivity index (χ1v) is 9.55. The third-order valence-corrected chi connectivity index (χ3v) is 3.64. The van der Waals surface area contributed by atoms with Crippen LogP contribution in [0, 0.1) is 0 Å². The van der Waals surface area contributed by atoms with Crippen LogP contribution in [0.3, 0.4) is 0 Å². The molecule has 0 saturated heterocycles. The zero-order valence-electron chi connectivity index (χ0n) is 16.7. The summed E-state index contributed by atoms with van der Waals surface area (Å²) in [4.78, 5) is 19.2. The smallest absolute Gasteiger partial charge is 0.550 e. The normalized spacial score (nSPS) is 10.0. The molecule has 0 unspecified atom stereocenters. The van der Waals surface area contributed by atoms with E-state index in [2.05, 4.69) is 19.1 Å². The number of carboxylic acid groups (broad SMARTS) is 2. The number of hydrogen-bond donors (Lipinski definition) is 1. The summed E-state index contributed by atoms with van der Waals surface area (Å²) in [5.74, 6) is -1.75. The van der Waals surface area contributed by atoms with Gasteiger partial charge in [0.25, 0.3) is 5.97 Å². The van der Waals surface area contributed by atoms with E-state index in [1.54, 1.807) is 0 Å². The fourth-order valence-electron chi connectivity index (χ4n) is 2.34. The molecule has 5 heteroatoms. The Balaban J connectivity index is -0.000000867. The second kappa shape index (κ2) is 26.5. The van der Waals surface area contributed by atoms with Crippen molar-refractivity contribution in [1.82, 2.24) is 0 Å². The third-order valence-electron chi connectivity index (χ3n) is 3.64. The van der Waals surface area contributed by atoms with Crippen molar-refractivity contribution in [1.29, 1.82) is 0 Å². The number of aliphatic carboxylic acids is 2. The molecule has 25 heavy (non-hydrogen) atoms. The summed E-state index contributed by atoms with van der Waals surface area (Å²) >= 11 is 0. The predicted molar refractivity (Wildman–Crippen MR) is 97.8 cm³/mol. The zero-order valence-corrected chi connectivity index (χ0v) is 19.8. The van der Waals surface area contributed by atoms with Crippen molar-refractivity contribution < 1.29 is 71.2 Å². The second-order valence-corrected chi connectivity index (χ2v) is 6.23. The Morgan fingerprint density at radius 2 is 1.16 bits per heavy atom. The van der Waals surface area contributed by atoms with Gasteiger partial charge in [0.05, 0.1) is 0 Å². The van der Waals surface area contributed by atoms with Crippen molar-refractivity contribution in [2.24, 2.45) is 0 Å². The van der Waals surface area contributed by atoms with Gasteiger partial charge in [-0.05, 0) is 38.5 Å². The van der Waals surface area contributed by atoms with Crippen molar-refractivity contribution in [3.63, 3.8) is 0 Å². The first-order chi connectivity index (χ1) is 11.5. The standard InChI is InChI=1S/C18H34O2.C2H4O2.K/c1-2-3-4-5-6-7-8-9-10-11-12-13-14-15-16-17-18(19)20;1-2(3)4;/h9-10H,2-8,11-17H2,1H3,(H,19,20);1H3,(H,3,4);/q;;+1/p-1/b10-9-;;. The van der Waals surface area contributed by atoms with Crippen molar-refractivity contribution in [3.8, 4) is 0 Å². The minimum Gasteiger partial charge on any atom is -0.550 e. The molecule has 0 saturated carbocycles. The van der Waals surface area contributed by atoms with E-state index >= 15 is 0 Å². The van der Waals surface area contributed by atoms with E-state index in [1.165, 1.54) is 64.2 Å². The third kappa shape index (κ3) is 40.4. The van der Waals surface area contributed by atoms with E-state index in [0.29, 0.717) is 0 Å². The monoisotopic (exact) mass is 380 g/mol. The maximum Gasteiger partial charge on any atom is 1.00 e. The number of unbranched alkanes of at least 4 members (excludes halogenated alkanes) is 11. The van der Waals surface area contributed by atoms with Crippen LogP contribution in [-0.4, -0.2) is 17.0 Å². The van der Waals surface area contributed by atoms with Crippen LogP contribution in [0.1, 0.15) is 104 Å². The molecule has 142 valence electrons. The zero-order chi connectivity index (χ0) is 18.5. The van der Waals surface area contributed by atoms with Crippen LogP contribution < -0.4 is 56.5 Å². The second-order valence-electron chi connectivity index (χ2n) is 6.23. The number of carbonyl (C=O) groups is 2. The van der Waals surface area contributed by atoms with E-state index in [4.69, 9.17) is 9.90 Å². The summed E-state index contributed by atoms with van der Waals surface area (Å²) in [6.45, 7) is 3.34. The van der Waals surface area contributed by atoms with E-state index < -0.39 is 11.9 Å². The van der Waals surface area contributed by atoms with Crippen LogP contribution >= 0.6 is 0 Å². The molecular formula is C20H37KO4. The molecule has 0 atom stereocenters. The molecule has 0 aliphatic rings. The maximum absolute atomic E-state index is 10.2. The number of carbonyl (C=O) groups excluding carboxylic acids is 1. The number of allylic oxidation sites excluding steroid dienone is 2. The molecule has 0 spiro atoms. The van der Waals surface area contributed by atoms with Gasteiger partial charge in [0.2, 0.25) is 0 Å². The van der Waals surface area contributed by atoms with Gasteiger partial charge in [-0.25, -0.2) is 0 Å².